The summed E-state index contributed by atoms with van der Waals surface area (Å²) in [6, 6.07) is 9.94. The monoisotopic (exact) mass is 344 g/mol. The molecule has 0 aliphatic rings. The van der Waals surface area contributed by atoms with Crippen LogP contribution in [-0.4, -0.2) is 20.3 Å². The Bertz CT molecular complexity index is 889. The van der Waals surface area contributed by atoms with Gasteiger partial charge in [-0.2, -0.15) is 5.10 Å². The molecule has 1 aromatic carbocycles. The van der Waals surface area contributed by atoms with Gasteiger partial charge < -0.3 is 9.88 Å². The van der Waals surface area contributed by atoms with E-state index < -0.39 is 0 Å². The molecule has 5 nitrogen and oxygen atoms in total. The highest BCUT2D eigenvalue weighted by Gasteiger charge is 2.12. The molecule has 3 rings (SSSR count). The molecule has 0 bridgehead atoms. The summed E-state index contributed by atoms with van der Waals surface area (Å²) in [5.74, 6) is 0.391. The van der Waals surface area contributed by atoms with Crippen molar-refractivity contribution >= 4 is 35.3 Å². The van der Waals surface area contributed by atoms with Crippen LogP contribution < -0.4 is 5.32 Å². The van der Waals surface area contributed by atoms with Crippen LogP contribution in [0.3, 0.4) is 0 Å². The number of carbonyl (C=O) groups excluding carboxylic acids is 1. The second kappa shape index (κ2) is 6.47. The van der Waals surface area contributed by atoms with Crippen LogP contribution in [0.4, 0.5) is 5.82 Å². The molecule has 0 atom stereocenters. The van der Waals surface area contributed by atoms with Crippen LogP contribution >= 0.6 is 23.6 Å². The highest BCUT2D eigenvalue weighted by Crippen LogP contribution is 2.24. The molecular formula is C16H16N4OS2. The Morgan fingerprint density at radius 1 is 1.30 bits per heavy atom. The first-order valence-electron chi connectivity index (χ1n) is 7.08. The zero-order valence-electron chi connectivity index (χ0n) is 12.8. The van der Waals surface area contributed by atoms with Crippen molar-refractivity contribution in [2.45, 2.75) is 13.5 Å². The molecule has 23 heavy (non-hydrogen) atoms. The molecule has 2 aromatic heterocycles. The number of hydrogen-bond donors (Lipinski definition) is 1. The Hall–Kier alpha value is -2.25. The van der Waals surface area contributed by atoms with Crippen molar-refractivity contribution in [2.75, 3.05) is 5.32 Å². The number of nitrogens with one attached hydrogen (secondary N) is 1. The molecule has 118 valence electrons. The third-order valence-corrected chi connectivity index (χ3v) is 4.68. The van der Waals surface area contributed by atoms with Gasteiger partial charge in [-0.15, -0.1) is 11.3 Å². The summed E-state index contributed by atoms with van der Waals surface area (Å²) in [5, 5.41) is 8.91. The van der Waals surface area contributed by atoms with Gasteiger partial charge >= 0.3 is 0 Å². The number of aromatic nitrogens is 3. The normalized spacial score (nSPS) is 10.7. The molecule has 0 radical (unpaired) electrons. The largest absolute Gasteiger partial charge is 0.313 e. The maximum atomic E-state index is 12.3. The molecule has 3 aromatic rings. The van der Waals surface area contributed by atoms with Gasteiger partial charge in [0.1, 0.15) is 6.54 Å². The lowest BCUT2D eigenvalue weighted by Crippen LogP contribution is -2.19. The summed E-state index contributed by atoms with van der Waals surface area (Å²) in [4.78, 5) is 12.3. The number of anilines is 1. The Balaban J connectivity index is 1.82. The fraction of sp³-hybridized carbons (Fsp3) is 0.188. The molecule has 1 amide bonds. The minimum atomic E-state index is -0.147. The van der Waals surface area contributed by atoms with E-state index in [0.717, 1.165) is 11.3 Å². The van der Waals surface area contributed by atoms with Crippen molar-refractivity contribution in [2.24, 2.45) is 7.05 Å². The maximum Gasteiger partial charge on any atom is 0.245 e. The van der Waals surface area contributed by atoms with Gasteiger partial charge in [0.25, 0.3) is 0 Å². The van der Waals surface area contributed by atoms with Gasteiger partial charge in [-0.05, 0) is 24.7 Å². The summed E-state index contributed by atoms with van der Waals surface area (Å²) in [7, 11) is 1.81. The van der Waals surface area contributed by atoms with Crippen LogP contribution in [0, 0.1) is 10.9 Å². The molecule has 2 heterocycles. The van der Waals surface area contributed by atoms with Crippen molar-refractivity contribution in [3.8, 4) is 11.3 Å². The van der Waals surface area contributed by atoms with Crippen molar-refractivity contribution < 1.29 is 4.79 Å². The highest BCUT2D eigenvalue weighted by atomic mass is 32.1. The van der Waals surface area contributed by atoms with Gasteiger partial charge in [0, 0.05) is 24.7 Å². The Labute approximate surface area is 143 Å². The predicted octanol–water partition coefficient (Wildman–Crippen LogP) is 3.63. The summed E-state index contributed by atoms with van der Waals surface area (Å²) in [6.07, 6.45) is 1.78. The quantitative estimate of drug-likeness (QED) is 0.735. The second-order valence-electron chi connectivity index (χ2n) is 5.26. The van der Waals surface area contributed by atoms with Gasteiger partial charge in [-0.1, -0.05) is 29.8 Å². The summed E-state index contributed by atoms with van der Waals surface area (Å²) < 4.78 is 4.17. The van der Waals surface area contributed by atoms with Gasteiger partial charge in [-0.25, -0.2) is 0 Å². The smallest absolute Gasteiger partial charge is 0.245 e. The number of benzene rings is 1. The zero-order chi connectivity index (χ0) is 16.4. The zero-order valence-corrected chi connectivity index (χ0v) is 14.4. The lowest BCUT2D eigenvalue weighted by molar-refractivity contribution is -0.116. The number of rotatable bonds is 4. The lowest BCUT2D eigenvalue weighted by atomic mass is 10.1. The van der Waals surface area contributed by atoms with Gasteiger partial charge in [-0.3, -0.25) is 9.48 Å². The third kappa shape index (κ3) is 3.57. The van der Waals surface area contributed by atoms with Crippen LogP contribution in [0.5, 0.6) is 0 Å². The van der Waals surface area contributed by atoms with Crippen molar-refractivity contribution in [1.29, 1.82) is 0 Å². The van der Waals surface area contributed by atoms with Crippen molar-refractivity contribution in [3.63, 3.8) is 0 Å². The lowest BCUT2D eigenvalue weighted by Gasteiger charge is -2.09. The minimum absolute atomic E-state index is 0.147. The standard InChI is InChI=1S/C16H16N4OS2/c1-11-3-5-12(6-4-11)13-10-23-16(22)20(13)9-15(21)17-14-7-8-19(2)18-14/h3-8,10H,9H2,1-2H3,(H,17,18,21). The molecule has 0 unspecified atom stereocenters. The van der Waals surface area contributed by atoms with Crippen LogP contribution in [0.1, 0.15) is 5.56 Å². The molecule has 0 aliphatic heterocycles. The first kappa shape index (κ1) is 15.6. The van der Waals surface area contributed by atoms with E-state index >= 15 is 0 Å². The van der Waals surface area contributed by atoms with E-state index in [4.69, 9.17) is 12.2 Å². The van der Waals surface area contributed by atoms with E-state index in [2.05, 4.69) is 10.4 Å². The van der Waals surface area contributed by atoms with Crippen LogP contribution in [0.15, 0.2) is 41.9 Å². The van der Waals surface area contributed by atoms with Crippen molar-refractivity contribution in [3.05, 3.63) is 51.4 Å². The van der Waals surface area contributed by atoms with E-state index in [1.807, 2.05) is 41.1 Å². The average Bonchev–Trinajstić information content (AvgIpc) is 3.07. The molecule has 0 spiro atoms. The maximum absolute atomic E-state index is 12.3. The SMILES string of the molecule is Cc1ccc(-c2csc(=S)n2CC(=O)Nc2ccn(C)n2)cc1. The van der Waals surface area contributed by atoms with E-state index in [1.54, 1.807) is 24.0 Å². The molecule has 0 saturated carbocycles. The number of thiazole rings is 1. The highest BCUT2D eigenvalue weighted by molar-refractivity contribution is 7.73. The average molecular weight is 344 g/mol. The number of nitrogens with zero attached hydrogens (tertiary/aromatic N) is 3. The number of hydrogen-bond acceptors (Lipinski definition) is 4. The molecular weight excluding hydrogens is 328 g/mol. The fourth-order valence-electron chi connectivity index (χ4n) is 2.24. The van der Waals surface area contributed by atoms with E-state index in [1.165, 1.54) is 16.9 Å². The van der Waals surface area contributed by atoms with Crippen LogP contribution in [0.25, 0.3) is 11.3 Å². The number of amides is 1. The second-order valence-corrected chi connectivity index (χ2v) is 6.77. The van der Waals surface area contributed by atoms with Gasteiger partial charge in [0.2, 0.25) is 5.91 Å². The third-order valence-electron chi connectivity index (χ3n) is 3.41. The molecule has 1 N–H and O–H groups in total. The fourth-order valence-corrected chi connectivity index (χ4v) is 3.31. The van der Waals surface area contributed by atoms with E-state index in [0.29, 0.717) is 9.77 Å². The van der Waals surface area contributed by atoms with Crippen LogP contribution in [-0.2, 0) is 18.4 Å². The van der Waals surface area contributed by atoms with Gasteiger partial charge in [0.15, 0.2) is 9.77 Å². The molecule has 0 fully saturated rings. The summed E-state index contributed by atoms with van der Waals surface area (Å²) >= 11 is 6.83. The van der Waals surface area contributed by atoms with E-state index in [-0.39, 0.29) is 12.5 Å². The summed E-state index contributed by atoms with van der Waals surface area (Å²) in [5.41, 5.74) is 3.20. The van der Waals surface area contributed by atoms with E-state index in [9.17, 15) is 4.79 Å². The number of carbonyl (C=O) groups is 1. The van der Waals surface area contributed by atoms with Gasteiger partial charge in [0.05, 0.1) is 5.69 Å². The molecule has 0 saturated heterocycles. The summed E-state index contributed by atoms with van der Waals surface area (Å²) in [6.45, 7) is 2.21. The topological polar surface area (TPSA) is 51.9 Å². The Morgan fingerprint density at radius 3 is 2.70 bits per heavy atom. The first-order valence-corrected chi connectivity index (χ1v) is 8.36. The van der Waals surface area contributed by atoms with Crippen LogP contribution in [0.2, 0.25) is 0 Å². The number of aryl methyl sites for hydroxylation is 2. The predicted molar refractivity (Wildman–Crippen MR) is 95.2 cm³/mol. The molecule has 0 aliphatic carbocycles. The first-order chi connectivity index (χ1) is 11.0. The minimum Gasteiger partial charge on any atom is -0.313 e. The molecule has 7 heteroatoms. The van der Waals surface area contributed by atoms with Crippen molar-refractivity contribution in [1.82, 2.24) is 14.3 Å². The Kier molecular flexibility index (Phi) is 4.40. The Morgan fingerprint density at radius 2 is 2.04 bits per heavy atom.